The molecule has 3 atom stereocenters. The fourth-order valence-corrected chi connectivity index (χ4v) is 14.5. The fraction of sp³-hybridized carbons (Fsp3) is 0.112. The van der Waals surface area contributed by atoms with E-state index in [4.69, 9.17) is 11.6 Å². The summed E-state index contributed by atoms with van der Waals surface area (Å²) in [6, 6.07) is 71.8. The zero-order valence-electron chi connectivity index (χ0n) is 67.8. The van der Waals surface area contributed by atoms with Crippen LogP contribution in [0.2, 0.25) is 5.02 Å². The second-order valence-corrected chi connectivity index (χ2v) is 30.8. The number of aryl methyl sites for hydroxylation is 1. The van der Waals surface area contributed by atoms with Crippen molar-refractivity contribution in [3.8, 4) is 33.4 Å². The zero-order chi connectivity index (χ0) is 88.7. The lowest BCUT2D eigenvalue weighted by Crippen LogP contribution is -2.45. The number of carbonyl (C=O) groups excluding carboxylic acids is 8. The summed E-state index contributed by atoms with van der Waals surface area (Å²) in [4.78, 5) is 163. The minimum Gasteiger partial charge on any atom is -0.477 e. The summed E-state index contributed by atoms with van der Waals surface area (Å²) in [6.07, 6.45) is 7.50. The molecule has 0 saturated heterocycles. The zero-order valence-corrected chi connectivity index (χ0v) is 70.2. The largest absolute Gasteiger partial charge is 0.477 e. The first-order chi connectivity index (χ1) is 60.1. The van der Waals surface area contributed by atoms with Crippen molar-refractivity contribution in [1.29, 1.82) is 0 Å². The predicted molar refractivity (Wildman–Crippen MR) is 485 cm³/mol. The number of carboxylic acid groups (broad SMARTS) is 1. The SMILES string of the molecule is CC(=O)c1c[nH]c2ccc(NC(=O)[C@H](Cc3cnc[nH]3)NC(=O)c3ccc(-c4ccccc4)cc3)cc2c1=O.CC(=O)c1cn(Cc2cccc(Br)c2)c2ccc(NC(=O)[C@H](C)NC(=O)c3ccc(-c4ccccc4)cc3)cc2c1=O.Cc1cc(Cn2cc(C(=O)O)c(=O)c3cc(NC(=O)[C@H](C)NC(=O)c4ccc(-c5ccccc5)c(F)c4)ccc32)ccc1Cl. The van der Waals surface area contributed by atoms with E-state index in [0.717, 1.165) is 49.5 Å². The highest BCUT2D eigenvalue weighted by atomic mass is 79.9. The number of rotatable bonds is 24. The van der Waals surface area contributed by atoms with Crippen LogP contribution in [0.5, 0.6) is 0 Å². The number of Topliss-reactive ketones (excluding diaryl/α,β-unsaturated/α-hetero) is 2. The highest BCUT2D eigenvalue weighted by Crippen LogP contribution is 2.29. The standard InChI is InChI=1S/C34H28BrN3O4.C34H27ClFN3O5.C30H25N5O4/c1-21(36-34(42)26-13-11-25(12-14-26)24-8-4-3-5-9-24)33(41)37-28-15-16-31-29(18-28)32(40)30(22(2)39)20-38(31)19-23-7-6-10-27(35)17-23;1-19-14-21(8-12-28(19)35)17-39-18-27(34(43)44)31(40)26-16-24(10-13-30(26)39)38-32(41)20(2)37-33(42)23-9-11-25(29(36)15-23)22-6-4-3-5-7-22;1-18(36)25-16-32-26-12-11-22(13-24(26)28(25)37)34-30(39)27(14-23-15-31-17-33-23)35-29(38)21-9-7-20(8-10-21)19-5-3-2-4-6-19/h3-18,20-21H,19H2,1-2H3,(H,36,42)(H,37,41);3-16,18,20H,17H2,1-2H3,(H,37,42)(H,38,41)(H,43,44);2-13,15-17,27H,14H2,1H3,(H,31,33)(H,32,37)(H,34,39)(H,35,38)/t21-;20-;27-/m000/s1. The number of halogens is 3. The van der Waals surface area contributed by atoms with Crippen LogP contribution in [0.25, 0.3) is 66.1 Å². The number of aromatic carboxylic acids is 1. The second-order valence-electron chi connectivity index (χ2n) is 29.5. The average molecular weight is 1750 g/mol. The number of hydrogen-bond acceptors (Lipinski definition) is 13. The summed E-state index contributed by atoms with van der Waals surface area (Å²) in [5, 5.41) is 27.3. The average Bonchev–Trinajstić information content (AvgIpc) is 0.817. The van der Waals surface area contributed by atoms with Crippen LogP contribution in [0.15, 0.2) is 305 Å². The van der Waals surface area contributed by atoms with Crippen molar-refractivity contribution < 1.29 is 52.6 Å². The number of amides is 6. The number of imidazole rings is 1. The van der Waals surface area contributed by atoms with Crippen molar-refractivity contribution in [2.75, 3.05) is 16.0 Å². The molecule has 27 heteroatoms. The molecule has 0 bridgehead atoms. The fourth-order valence-electron chi connectivity index (χ4n) is 13.9. The first kappa shape index (κ1) is 87.4. The molecule has 0 radical (unpaired) electrons. The third-order valence-electron chi connectivity index (χ3n) is 20.6. The summed E-state index contributed by atoms with van der Waals surface area (Å²) in [5.74, 6) is -5.59. The number of ketones is 2. The maximum atomic E-state index is 14.8. The number of nitrogens with zero attached hydrogens (tertiary/aromatic N) is 3. The molecule has 24 nitrogen and oxygen atoms in total. The van der Waals surface area contributed by atoms with E-state index in [-0.39, 0.29) is 63.6 Å². The molecule has 0 aliphatic heterocycles. The molecular formula is C98H80BrClFN11O13. The smallest absolute Gasteiger partial charge is 0.341 e. The molecule has 11 aromatic carbocycles. The lowest BCUT2D eigenvalue weighted by molar-refractivity contribution is -0.118. The highest BCUT2D eigenvalue weighted by molar-refractivity contribution is 9.10. The van der Waals surface area contributed by atoms with Gasteiger partial charge in [0.05, 0.1) is 28.5 Å². The number of aromatic amines is 2. The molecule has 0 aliphatic rings. The lowest BCUT2D eigenvalue weighted by Gasteiger charge is -2.18. The Labute approximate surface area is 727 Å². The number of nitrogens with one attached hydrogen (secondary N) is 8. The molecule has 15 rings (SSSR count). The number of anilines is 3. The molecule has 0 spiro atoms. The van der Waals surface area contributed by atoms with E-state index in [0.29, 0.717) is 72.8 Å². The van der Waals surface area contributed by atoms with Gasteiger partial charge in [0.15, 0.2) is 22.4 Å². The van der Waals surface area contributed by atoms with Crippen LogP contribution in [-0.2, 0) is 33.9 Å². The third kappa shape index (κ3) is 21.5. The van der Waals surface area contributed by atoms with Crippen LogP contribution in [0.1, 0.15) is 112 Å². The van der Waals surface area contributed by atoms with Gasteiger partial charge in [0.2, 0.25) is 23.2 Å². The maximum Gasteiger partial charge on any atom is 0.341 e. The van der Waals surface area contributed by atoms with E-state index in [1.807, 2.05) is 139 Å². The summed E-state index contributed by atoms with van der Waals surface area (Å²) < 4.78 is 19.2. The van der Waals surface area contributed by atoms with Crippen LogP contribution in [0.3, 0.4) is 0 Å². The van der Waals surface area contributed by atoms with Gasteiger partial charge in [-0.1, -0.05) is 173 Å². The normalized spacial score (nSPS) is 11.6. The van der Waals surface area contributed by atoms with Crippen LogP contribution >= 0.6 is 27.5 Å². The Kier molecular flexibility index (Phi) is 27.6. The quantitative estimate of drug-likeness (QED) is 0.0254. The van der Waals surface area contributed by atoms with Crippen molar-refractivity contribution in [2.24, 2.45) is 0 Å². The summed E-state index contributed by atoms with van der Waals surface area (Å²) in [6.45, 7) is 8.31. The van der Waals surface area contributed by atoms with Crippen LogP contribution < -0.4 is 48.2 Å². The van der Waals surface area contributed by atoms with E-state index in [9.17, 15) is 67.0 Å². The van der Waals surface area contributed by atoms with Gasteiger partial charge in [0, 0.05) is 120 Å². The van der Waals surface area contributed by atoms with E-state index in [1.54, 1.807) is 121 Å². The van der Waals surface area contributed by atoms with Crippen LogP contribution in [-0.4, -0.2) is 100 Å². The summed E-state index contributed by atoms with van der Waals surface area (Å²) in [7, 11) is 0. The number of benzene rings is 11. The van der Waals surface area contributed by atoms with Crippen LogP contribution in [0.4, 0.5) is 21.5 Å². The number of carbonyl (C=O) groups is 9. The Hall–Kier alpha value is -15.4. The molecule has 0 unspecified atom stereocenters. The number of aromatic nitrogens is 5. The Morgan fingerprint density at radius 1 is 0.472 bits per heavy atom. The molecule has 626 valence electrons. The monoisotopic (exact) mass is 1750 g/mol. The van der Waals surface area contributed by atoms with Gasteiger partial charge in [0.25, 0.3) is 17.7 Å². The van der Waals surface area contributed by atoms with Gasteiger partial charge >= 0.3 is 5.97 Å². The van der Waals surface area contributed by atoms with Crippen molar-refractivity contribution in [3.05, 3.63) is 388 Å². The Morgan fingerprint density at radius 2 is 0.936 bits per heavy atom. The van der Waals surface area contributed by atoms with Crippen molar-refractivity contribution in [2.45, 2.75) is 72.3 Å². The molecule has 125 heavy (non-hydrogen) atoms. The van der Waals surface area contributed by atoms with Gasteiger partial charge in [-0.25, -0.2) is 14.2 Å². The van der Waals surface area contributed by atoms with Gasteiger partial charge in [-0.2, -0.15) is 0 Å². The van der Waals surface area contributed by atoms with Gasteiger partial charge < -0.3 is 56.1 Å². The molecule has 0 saturated carbocycles. The number of hydrogen-bond donors (Lipinski definition) is 9. The second kappa shape index (κ2) is 39.4. The molecule has 6 amide bonds. The molecule has 4 heterocycles. The van der Waals surface area contributed by atoms with Gasteiger partial charge in [-0.15, -0.1) is 0 Å². The minimum absolute atomic E-state index is 0.0358. The predicted octanol–water partition coefficient (Wildman–Crippen LogP) is 16.8. The first-order valence-electron chi connectivity index (χ1n) is 39.3. The first-order valence-corrected chi connectivity index (χ1v) is 40.5. The van der Waals surface area contributed by atoms with Gasteiger partial charge in [-0.3, -0.25) is 52.7 Å². The molecule has 0 fully saturated rings. The number of carboxylic acids is 1. The minimum atomic E-state index is -1.38. The summed E-state index contributed by atoms with van der Waals surface area (Å²) in [5.41, 5.74) is 10.0. The number of H-pyrrole nitrogens is 2. The Balaban J connectivity index is 0.000000161. The molecule has 4 aromatic heterocycles. The number of fused-ring (bicyclic) bond motifs is 3. The van der Waals surface area contributed by atoms with E-state index in [2.05, 4.69) is 62.8 Å². The summed E-state index contributed by atoms with van der Waals surface area (Å²) >= 11 is 9.62. The van der Waals surface area contributed by atoms with Gasteiger partial charge in [-0.05, 0) is 188 Å². The number of pyridine rings is 3. The van der Waals surface area contributed by atoms with E-state index in [1.165, 1.54) is 63.8 Å². The molecule has 15 aromatic rings. The van der Waals surface area contributed by atoms with Crippen molar-refractivity contribution in [1.82, 2.24) is 40.0 Å². The Morgan fingerprint density at radius 3 is 1.44 bits per heavy atom. The topological polar surface area (TPSA) is 352 Å². The Bertz CT molecular complexity index is 6870. The highest BCUT2D eigenvalue weighted by Gasteiger charge is 2.26. The molecule has 9 N–H and O–H groups in total. The van der Waals surface area contributed by atoms with Gasteiger partial charge in [0.1, 0.15) is 29.5 Å². The maximum absolute atomic E-state index is 14.8. The molecular weight excluding hydrogens is 1670 g/mol. The van der Waals surface area contributed by atoms with Crippen LogP contribution in [0, 0.1) is 12.7 Å². The lowest BCUT2D eigenvalue weighted by atomic mass is 10.0. The molecule has 0 aliphatic carbocycles. The van der Waals surface area contributed by atoms with Crippen molar-refractivity contribution >= 4 is 130 Å². The van der Waals surface area contributed by atoms with E-state index < -0.39 is 81.3 Å². The van der Waals surface area contributed by atoms with Crippen molar-refractivity contribution in [3.63, 3.8) is 0 Å². The third-order valence-corrected chi connectivity index (χ3v) is 21.5. The van der Waals surface area contributed by atoms with E-state index >= 15 is 0 Å².